The van der Waals surface area contributed by atoms with Gasteiger partial charge in [-0.2, -0.15) is 18.2 Å². The van der Waals surface area contributed by atoms with Crippen molar-refractivity contribution in [3.05, 3.63) is 36.0 Å². The molecule has 0 spiro atoms. The highest BCUT2D eigenvalue weighted by atomic mass is 19.4. The predicted molar refractivity (Wildman–Crippen MR) is 97.7 cm³/mol. The minimum atomic E-state index is -4.58. The molecule has 0 bridgehead atoms. The van der Waals surface area contributed by atoms with E-state index in [1.807, 2.05) is 26.0 Å². The topological polar surface area (TPSA) is 47.5 Å². The molecule has 0 saturated heterocycles. The first kappa shape index (κ1) is 20.8. The second kappa shape index (κ2) is 9.43. The molecular weight excluding hydrogens is 359 g/mol. The molecule has 0 aliphatic heterocycles. The van der Waals surface area contributed by atoms with Crippen LogP contribution in [0.1, 0.15) is 38.7 Å². The molecule has 148 valence electrons. The van der Waals surface area contributed by atoms with Crippen LogP contribution in [0.5, 0.6) is 11.6 Å². The van der Waals surface area contributed by atoms with Crippen LogP contribution >= 0.6 is 0 Å². The van der Waals surface area contributed by atoms with Crippen molar-refractivity contribution in [2.75, 3.05) is 25.2 Å². The molecule has 27 heavy (non-hydrogen) atoms. The number of anilines is 2. The third-order valence-corrected chi connectivity index (χ3v) is 3.97. The Morgan fingerprint density at radius 1 is 1.11 bits per heavy atom. The zero-order chi connectivity index (χ0) is 19.9. The smallest absolute Gasteiger partial charge is 0.423 e. The van der Waals surface area contributed by atoms with Gasteiger partial charge in [0.1, 0.15) is 11.3 Å². The Balaban J connectivity index is 2.40. The molecule has 1 aromatic carbocycles. The van der Waals surface area contributed by atoms with Gasteiger partial charge in [-0.1, -0.05) is 31.9 Å². The number of benzene rings is 1. The lowest BCUT2D eigenvalue weighted by Crippen LogP contribution is -2.21. The van der Waals surface area contributed by atoms with E-state index in [4.69, 9.17) is 9.47 Å². The monoisotopic (exact) mass is 383 g/mol. The summed E-state index contributed by atoms with van der Waals surface area (Å²) in [5.41, 5.74) is -0.307. The third kappa shape index (κ3) is 5.24. The standard InChI is InChI=1S/C19H24F3N3O2/c1-4-6-9-12-27-17-14(19(20,21)22)13-23-18(24-17)25(5-2)15-10-7-8-11-16(15)26-3/h7-8,10-11,13H,4-6,9,12H2,1-3H3. The van der Waals surface area contributed by atoms with Gasteiger partial charge in [0.25, 0.3) is 0 Å². The SMILES string of the molecule is CCCCCOc1nc(N(CC)c2ccccc2OC)ncc1C(F)(F)F. The number of ether oxygens (including phenoxy) is 2. The van der Waals surface area contributed by atoms with E-state index < -0.39 is 17.6 Å². The molecule has 5 nitrogen and oxygen atoms in total. The zero-order valence-electron chi connectivity index (χ0n) is 15.7. The van der Waals surface area contributed by atoms with E-state index in [-0.39, 0.29) is 12.6 Å². The number of nitrogens with zero attached hydrogens (tertiary/aromatic N) is 3. The minimum absolute atomic E-state index is 0.125. The Labute approximate surface area is 157 Å². The fourth-order valence-corrected chi connectivity index (χ4v) is 2.59. The first-order valence-electron chi connectivity index (χ1n) is 8.89. The Bertz CT molecular complexity index is 738. The molecule has 0 fully saturated rings. The van der Waals surface area contributed by atoms with Crippen LogP contribution in [0.15, 0.2) is 30.5 Å². The fourth-order valence-electron chi connectivity index (χ4n) is 2.59. The van der Waals surface area contributed by atoms with Crippen molar-refractivity contribution in [3.8, 4) is 11.6 Å². The summed E-state index contributed by atoms with van der Waals surface area (Å²) in [5, 5.41) is 0. The highest BCUT2D eigenvalue weighted by Gasteiger charge is 2.36. The van der Waals surface area contributed by atoms with Gasteiger partial charge in [0.2, 0.25) is 11.8 Å². The first-order valence-corrected chi connectivity index (χ1v) is 8.89. The largest absolute Gasteiger partial charge is 0.495 e. The summed E-state index contributed by atoms with van der Waals surface area (Å²) < 4.78 is 50.6. The summed E-state index contributed by atoms with van der Waals surface area (Å²) >= 11 is 0. The molecule has 0 N–H and O–H groups in total. The quantitative estimate of drug-likeness (QED) is 0.555. The first-order chi connectivity index (χ1) is 12.9. The number of halogens is 3. The van der Waals surface area contributed by atoms with E-state index in [2.05, 4.69) is 9.97 Å². The van der Waals surface area contributed by atoms with Crippen molar-refractivity contribution in [1.82, 2.24) is 9.97 Å². The van der Waals surface area contributed by atoms with Crippen LogP contribution in [0.3, 0.4) is 0 Å². The molecule has 0 unspecified atom stereocenters. The van der Waals surface area contributed by atoms with Crippen LogP contribution in [0.25, 0.3) is 0 Å². The zero-order valence-corrected chi connectivity index (χ0v) is 15.7. The molecule has 0 amide bonds. The van der Waals surface area contributed by atoms with E-state index in [0.717, 1.165) is 19.0 Å². The normalized spacial score (nSPS) is 11.3. The highest BCUT2D eigenvalue weighted by Crippen LogP contribution is 2.37. The van der Waals surface area contributed by atoms with E-state index in [1.54, 1.807) is 17.0 Å². The molecule has 2 aromatic rings. The second-order valence-electron chi connectivity index (χ2n) is 5.86. The van der Waals surface area contributed by atoms with Gasteiger partial charge >= 0.3 is 6.18 Å². The number of unbranched alkanes of at least 4 members (excludes halogenated alkanes) is 2. The molecule has 0 radical (unpaired) electrons. The number of hydrogen-bond donors (Lipinski definition) is 0. The molecule has 1 heterocycles. The lowest BCUT2D eigenvalue weighted by molar-refractivity contribution is -0.139. The summed E-state index contributed by atoms with van der Waals surface area (Å²) in [6.45, 7) is 4.49. The van der Waals surface area contributed by atoms with Crippen LogP contribution in [-0.2, 0) is 6.18 Å². The molecule has 0 atom stereocenters. The number of rotatable bonds is 9. The Kier molecular flexibility index (Phi) is 7.27. The maximum atomic E-state index is 13.3. The van der Waals surface area contributed by atoms with Gasteiger partial charge in [0.05, 0.1) is 19.4 Å². The summed E-state index contributed by atoms with van der Waals surface area (Å²) in [7, 11) is 1.53. The molecular formula is C19H24F3N3O2. The van der Waals surface area contributed by atoms with Crippen molar-refractivity contribution in [3.63, 3.8) is 0 Å². The molecule has 0 saturated carbocycles. The van der Waals surface area contributed by atoms with Crippen LogP contribution in [-0.4, -0.2) is 30.2 Å². The maximum absolute atomic E-state index is 13.3. The van der Waals surface area contributed by atoms with Crippen molar-refractivity contribution >= 4 is 11.6 Å². The van der Waals surface area contributed by atoms with Gasteiger partial charge in [0, 0.05) is 12.7 Å². The molecule has 1 aromatic heterocycles. The second-order valence-corrected chi connectivity index (χ2v) is 5.86. The van der Waals surface area contributed by atoms with Crippen molar-refractivity contribution < 1.29 is 22.6 Å². The summed E-state index contributed by atoms with van der Waals surface area (Å²) in [4.78, 5) is 9.69. The van der Waals surface area contributed by atoms with Gasteiger partial charge in [-0.15, -0.1) is 0 Å². The van der Waals surface area contributed by atoms with E-state index in [9.17, 15) is 13.2 Å². The van der Waals surface area contributed by atoms with Crippen molar-refractivity contribution in [2.45, 2.75) is 39.3 Å². The predicted octanol–water partition coefficient (Wildman–Crippen LogP) is 5.23. The van der Waals surface area contributed by atoms with Crippen LogP contribution < -0.4 is 14.4 Å². The molecule has 2 rings (SSSR count). The van der Waals surface area contributed by atoms with Crippen LogP contribution in [0.2, 0.25) is 0 Å². The number of hydrogen-bond acceptors (Lipinski definition) is 5. The highest BCUT2D eigenvalue weighted by molar-refractivity contribution is 5.65. The molecule has 8 heteroatoms. The summed E-state index contributed by atoms with van der Waals surface area (Å²) in [5.74, 6) is 0.255. The van der Waals surface area contributed by atoms with E-state index >= 15 is 0 Å². The molecule has 0 aliphatic rings. The van der Waals surface area contributed by atoms with Crippen molar-refractivity contribution in [2.24, 2.45) is 0 Å². The van der Waals surface area contributed by atoms with E-state index in [1.165, 1.54) is 7.11 Å². The van der Waals surface area contributed by atoms with Gasteiger partial charge in [-0.05, 0) is 25.5 Å². The number of alkyl halides is 3. The number of aromatic nitrogens is 2. The van der Waals surface area contributed by atoms with E-state index in [0.29, 0.717) is 24.4 Å². The summed E-state index contributed by atoms with van der Waals surface area (Å²) in [6.07, 6.45) is -1.32. The average molecular weight is 383 g/mol. The number of para-hydroxylation sites is 2. The van der Waals surface area contributed by atoms with Crippen LogP contribution in [0.4, 0.5) is 24.8 Å². The Hall–Kier alpha value is -2.51. The number of methoxy groups -OCH3 is 1. The van der Waals surface area contributed by atoms with Crippen LogP contribution in [0, 0.1) is 0 Å². The lowest BCUT2D eigenvalue weighted by Gasteiger charge is -2.24. The Morgan fingerprint density at radius 3 is 2.48 bits per heavy atom. The lowest BCUT2D eigenvalue weighted by atomic mass is 10.2. The average Bonchev–Trinajstić information content (AvgIpc) is 2.65. The van der Waals surface area contributed by atoms with Gasteiger partial charge in [0.15, 0.2) is 0 Å². The van der Waals surface area contributed by atoms with Crippen molar-refractivity contribution in [1.29, 1.82) is 0 Å². The Morgan fingerprint density at radius 2 is 1.85 bits per heavy atom. The van der Waals surface area contributed by atoms with Gasteiger partial charge in [-0.25, -0.2) is 4.98 Å². The minimum Gasteiger partial charge on any atom is -0.495 e. The third-order valence-electron chi connectivity index (χ3n) is 3.97. The van der Waals surface area contributed by atoms with Gasteiger partial charge in [-0.3, -0.25) is 0 Å². The molecule has 0 aliphatic carbocycles. The summed E-state index contributed by atoms with van der Waals surface area (Å²) in [6, 6.07) is 7.19. The fraction of sp³-hybridized carbons (Fsp3) is 0.474. The maximum Gasteiger partial charge on any atom is 0.423 e. The van der Waals surface area contributed by atoms with Gasteiger partial charge < -0.3 is 14.4 Å².